The van der Waals surface area contributed by atoms with Crippen LogP contribution in [0.3, 0.4) is 0 Å². The van der Waals surface area contributed by atoms with Gasteiger partial charge in [0, 0.05) is 12.2 Å². The summed E-state index contributed by atoms with van der Waals surface area (Å²) in [5.74, 6) is -0.347. The van der Waals surface area contributed by atoms with E-state index in [9.17, 15) is 4.79 Å². The number of likely N-dealkylation sites (tertiary alicyclic amines) is 1. The predicted molar refractivity (Wildman–Crippen MR) is 71.3 cm³/mol. The van der Waals surface area contributed by atoms with Crippen molar-refractivity contribution in [3.63, 3.8) is 0 Å². The van der Waals surface area contributed by atoms with Crippen LogP contribution in [0.4, 0.5) is 5.69 Å². The summed E-state index contributed by atoms with van der Waals surface area (Å²) in [6.45, 7) is 2.96. The molecular formula is C14H20N2O2. The highest BCUT2D eigenvalue weighted by molar-refractivity contribution is 5.96. The van der Waals surface area contributed by atoms with Crippen molar-refractivity contribution < 1.29 is 9.53 Å². The molecule has 0 amide bonds. The number of esters is 1. The van der Waals surface area contributed by atoms with Gasteiger partial charge >= 0.3 is 5.97 Å². The van der Waals surface area contributed by atoms with E-state index in [4.69, 9.17) is 10.5 Å². The number of benzene rings is 1. The fourth-order valence-corrected chi connectivity index (χ4v) is 2.46. The van der Waals surface area contributed by atoms with Crippen LogP contribution in [0.2, 0.25) is 0 Å². The molecule has 4 nitrogen and oxygen atoms in total. The van der Waals surface area contributed by atoms with E-state index in [0.29, 0.717) is 11.3 Å². The number of rotatable bonds is 3. The van der Waals surface area contributed by atoms with Crippen molar-refractivity contribution >= 4 is 11.7 Å². The van der Waals surface area contributed by atoms with Gasteiger partial charge in [-0.25, -0.2) is 4.79 Å². The van der Waals surface area contributed by atoms with Crippen molar-refractivity contribution in [2.75, 3.05) is 25.9 Å². The molecule has 1 saturated heterocycles. The predicted octanol–water partition coefficient (Wildman–Crippen LogP) is 2.04. The second-order valence-corrected chi connectivity index (χ2v) is 4.71. The Balaban J connectivity index is 2.20. The number of nitrogens with zero attached hydrogens (tertiary/aromatic N) is 1. The molecule has 0 saturated carbocycles. The van der Waals surface area contributed by atoms with Crippen LogP contribution in [0.15, 0.2) is 18.2 Å². The number of piperidine rings is 1. The topological polar surface area (TPSA) is 55.6 Å². The fraction of sp³-hybridized carbons (Fsp3) is 0.500. The van der Waals surface area contributed by atoms with E-state index in [-0.39, 0.29) is 5.97 Å². The quantitative estimate of drug-likeness (QED) is 0.657. The van der Waals surface area contributed by atoms with E-state index in [1.54, 1.807) is 6.07 Å². The van der Waals surface area contributed by atoms with E-state index in [0.717, 1.165) is 25.2 Å². The minimum Gasteiger partial charge on any atom is -0.465 e. The number of carbonyl (C=O) groups is 1. The van der Waals surface area contributed by atoms with Gasteiger partial charge in [0.25, 0.3) is 0 Å². The Kier molecular flexibility index (Phi) is 4.20. The molecule has 1 aliphatic heterocycles. The lowest BCUT2D eigenvalue weighted by atomic mass is 10.0. The highest BCUT2D eigenvalue weighted by Crippen LogP contribution is 2.21. The van der Waals surface area contributed by atoms with Gasteiger partial charge in [-0.3, -0.25) is 4.90 Å². The maximum atomic E-state index is 11.8. The minimum absolute atomic E-state index is 0.347. The maximum absolute atomic E-state index is 11.8. The van der Waals surface area contributed by atoms with Gasteiger partial charge in [-0.2, -0.15) is 0 Å². The average molecular weight is 248 g/mol. The van der Waals surface area contributed by atoms with Crippen LogP contribution in [0, 0.1) is 0 Å². The molecule has 0 atom stereocenters. The zero-order valence-electron chi connectivity index (χ0n) is 10.8. The van der Waals surface area contributed by atoms with Gasteiger partial charge in [0.05, 0.1) is 12.7 Å². The lowest BCUT2D eigenvalue weighted by Gasteiger charge is -2.27. The summed E-state index contributed by atoms with van der Waals surface area (Å²) in [4.78, 5) is 14.1. The number of nitrogens with two attached hydrogens (primary N) is 1. The highest BCUT2D eigenvalue weighted by Gasteiger charge is 2.18. The van der Waals surface area contributed by atoms with Crippen LogP contribution in [0.5, 0.6) is 0 Å². The Labute approximate surface area is 108 Å². The zero-order valence-corrected chi connectivity index (χ0v) is 10.8. The van der Waals surface area contributed by atoms with Gasteiger partial charge in [-0.05, 0) is 37.6 Å². The van der Waals surface area contributed by atoms with Gasteiger partial charge < -0.3 is 10.5 Å². The summed E-state index contributed by atoms with van der Waals surface area (Å²) in [6, 6.07) is 5.59. The molecule has 1 heterocycles. The lowest BCUT2D eigenvalue weighted by Crippen LogP contribution is -2.30. The summed E-state index contributed by atoms with van der Waals surface area (Å²) in [5.41, 5.74) is 7.86. The van der Waals surface area contributed by atoms with Crippen molar-refractivity contribution in [3.8, 4) is 0 Å². The van der Waals surface area contributed by atoms with E-state index in [1.165, 1.54) is 26.4 Å². The molecule has 18 heavy (non-hydrogen) atoms. The van der Waals surface area contributed by atoms with Crippen LogP contribution in [0.1, 0.15) is 35.2 Å². The summed E-state index contributed by atoms with van der Waals surface area (Å²) in [5, 5.41) is 0. The smallest absolute Gasteiger partial charge is 0.340 e. The van der Waals surface area contributed by atoms with Gasteiger partial charge in [-0.1, -0.05) is 18.6 Å². The standard InChI is InChI=1S/C14H20N2O2/c1-18-14(17)13-11(6-5-7-12(13)15)10-16-8-3-2-4-9-16/h5-7H,2-4,8-10,15H2,1H3. The second-order valence-electron chi connectivity index (χ2n) is 4.71. The molecule has 1 aliphatic rings. The van der Waals surface area contributed by atoms with Crippen molar-refractivity contribution in [1.82, 2.24) is 4.90 Å². The molecule has 2 rings (SSSR count). The first-order valence-electron chi connectivity index (χ1n) is 6.40. The summed E-state index contributed by atoms with van der Waals surface area (Å²) >= 11 is 0. The summed E-state index contributed by atoms with van der Waals surface area (Å²) in [6.07, 6.45) is 3.77. The molecule has 4 heteroatoms. The average Bonchev–Trinajstić information content (AvgIpc) is 2.39. The largest absolute Gasteiger partial charge is 0.465 e. The molecule has 2 N–H and O–H groups in total. The van der Waals surface area contributed by atoms with E-state index in [2.05, 4.69) is 4.90 Å². The van der Waals surface area contributed by atoms with Crippen LogP contribution in [0.25, 0.3) is 0 Å². The Hall–Kier alpha value is -1.55. The van der Waals surface area contributed by atoms with Crippen molar-refractivity contribution in [1.29, 1.82) is 0 Å². The minimum atomic E-state index is -0.347. The Morgan fingerprint density at radius 3 is 2.72 bits per heavy atom. The number of hydrogen-bond donors (Lipinski definition) is 1. The summed E-state index contributed by atoms with van der Waals surface area (Å²) in [7, 11) is 1.39. The first-order chi connectivity index (χ1) is 8.72. The van der Waals surface area contributed by atoms with Gasteiger partial charge in [0.1, 0.15) is 0 Å². The molecule has 0 unspecified atom stereocenters. The van der Waals surface area contributed by atoms with E-state index >= 15 is 0 Å². The van der Waals surface area contributed by atoms with Crippen molar-refractivity contribution in [2.45, 2.75) is 25.8 Å². The molecule has 0 aliphatic carbocycles. The molecule has 1 fully saturated rings. The van der Waals surface area contributed by atoms with Gasteiger partial charge in [0.2, 0.25) is 0 Å². The monoisotopic (exact) mass is 248 g/mol. The third kappa shape index (κ3) is 2.82. The molecule has 0 spiro atoms. The maximum Gasteiger partial charge on any atom is 0.340 e. The Morgan fingerprint density at radius 2 is 2.06 bits per heavy atom. The third-order valence-corrected chi connectivity index (χ3v) is 3.42. The first kappa shape index (κ1) is 12.9. The molecule has 1 aromatic rings. The van der Waals surface area contributed by atoms with Crippen LogP contribution in [-0.4, -0.2) is 31.1 Å². The van der Waals surface area contributed by atoms with Crippen molar-refractivity contribution in [2.24, 2.45) is 0 Å². The number of nitrogen functional groups attached to an aromatic ring is 1. The molecular weight excluding hydrogens is 228 g/mol. The van der Waals surface area contributed by atoms with Crippen LogP contribution < -0.4 is 5.73 Å². The number of carbonyl (C=O) groups excluding carboxylic acids is 1. The molecule has 0 aromatic heterocycles. The number of anilines is 1. The SMILES string of the molecule is COC(=O)c1c(N)cccc1CN1CCCCC1. The van der Waals surface area contributed by atoms with Gasteiger partial charge in [0.15, 0.2) is 0 Å². The fourth-order valence-electron chi connectivity index (χ4n) is 2.46. The zero-order chi connectivity index (χ0) is 13.0. The molecule has 98 valence electrons. The number of methoxy groups -OCH3 is 1. The van der Waals surface area contributed by atoms with Crippen LogP contribution in [-0.2, 0) is 11.3 Å². The molecule has 1 aromatic carbocycles. The third-order valence-electron chi connectivity index (χ3n) is 3.42. The molecule has 0 bridgehead atoms. The van der Waals surface area contributed by atoms with E-state index < -0.39 is 0 Å². The number of ether oxygens (including phenoxy) is 1. The van der Waals surface area contributed by atoms with Crippen LogP contribution >= 0.6 is 0 Å². The lowest BCUT2D eigenvalue weighted by molar-refractivity contribution is 0.0599. The number of hydrogen-bond acceptors (Lipinski definition) is 4. The van der Waals surface area contributed by atoms with Crippen molar-refractivity contribution in [3.05, 3.63) is 29.3 Å². The van der Waals surface area contributed by atoms with E-state index in [1.807, 2.05) is 12.1 Å². The normalized spacial score (nSPS) is 16.5. The second kappa shape index (κ2) is 5.87. The summed E-state index contributed by atoms with van der Waals surface area (Å²) < 4.78 is 4.81. The first-order valence-corrected chi connectivity index (χ1v) is 6.40. The molecule has 0 radical (unpaired) electrons. The van der Waals surface area contributed by atoms with Gasteiger partial charge in [-0.15, -0.1) is 0 Å². The highest BCUT2D eigenvalue weighted by atomic mass is 16.5. The Morgan fingerprint density at radius 1 is 1.33 bits per heavy atom. The Bertz CT molecular complexity index is 426.